The van der Waals surface area contributed by atoms with E-state index in [2.05, 4.69) is 25.2 Å². The van der Waals surface area contributed by atoms with Crippen molar-refractivity contribution in [2.24, 2.45) is 0 Å². The molecule has 0 fully saturated rings. The predicted molar refractivity (Wildman–Crippen MR) is 110 cm³/mol. The number of halogens is 1. The van der Waals surface area contributed by atoms with Gasteiger partial charge in [0, 0.05) is 24.1 Å². The minimum atomic E-state index is -0.0937. The Labute approximate surface area is 172 Å². The molecule has 0 spiro atoms. The van der Waals surface area contributed by atoms with Crippen molar-refractivity contribution >= 4 is 35.1 Å². The molecule has 0 radical (unpaired) electrons. The summed E-state index contributed by atoms with van der Waals surface area (Å²) in [5.74, 6) is 1.87. The number of thioether (sulfide) groups is 1. The molecule has 0 aliphatic carbocycles. The number of hydrogen-bond donors (Lipinski definition) is 1. The second-order valence-corrected chi connectivity index (χ2v) is 8.08. The summed E-state index contributed by atoms with van der Waals surface area (Å²) in [4.78, 5) is 12.4. The van der Waals surface area contributed by atoms with Crippen LogP contribution < -0.4 is 5.32 Å². The van der Waals surface area contributed by atoms with Crippen molar-refractivity contribution < 1.29 is 4.79 Å². The molecule has 0 saturated carbocycles. The molecule has 4 rings (SSSR count). The van der Waals surface area contributed by atoms with Gasteiger partial charge in [0.15, 0.2) is 5.16 Å². The zero-order chi connectivity index (χ0) is 19.3. The smallest absolute Gasteiger partial charge is 0.235 e. The van der Waals surface area contributed by atoms with E-state index in [4.69, 9.17) is 11.6 Å². The van der Waals surface area contributed by atoms with Crippen LogP contribution in [0.1, 0.15) is 30.7 Å². The van der Waals surface area contributed by atoms with E-state index < -0.39 is 0 Å². The van der Waals surface area contributed by atoms with Crippen molar-refractivity contribution in [1.29, 1.82) is 0 Å². The molecule has 28 heavy (non-hydrogen) atoms. The highest BCUT2D eigenvalue weighted by molar-refractivity contribution is 7.99. The summed E-state index contributed by atoms with van der Waals surface area (Å²) in [7, 11) is 0. The SMILES string of the molecule is O=C(CSc1nnc2n1CCCCC2)Nc1ccnn1Cc1cccc(Cl)c1. The molecular weight excluding hydrogens is 396 g/mol. The van der Waals surface area contributed by atoms with Gasteiger partial charge in [-0.1, -0.05) is 41.9 Å². The quantitative estimate of drug-likeness (QED) is 0.621. The number of fused-ring (bicyclic) bond motifs is 1. The fourth-order valence-electron chi connectivity index (χ4n) is 3.25. The molecule has 2 aromatic heterocycles. The normalized spacial score (nSPS) is 13.8. The molecule has 1 aromatic carbocycles. The maximum atomic E-state index is 12.4. The zero-order valence-corrected chi connectivity index (χ0v) is 16.9. The predicted octanol–water partition coefficient (Wildman–Crippen LogP) is 3.63. The summed E-state index contributed by atoms with van der Waals surface area (Å²) in [6.07, 6.45) is 6.13. The molecule has 1 aliphatic rings. The fourth-order valence-corrected chi connectivity index (χ4v) is 4.24. The van der Waals surface area contributed by atoms with E-state index in [9.17, 15) is 4.79 Å². The van der Waals surface area contributed by atoms with Crippen molar-refractivity contribution in [2.75, 3.05) is 11.1 Å². The molecule has 1 aliphatic heterocycles. The minimum absolute atomic E-state index is 0.0937. The molecule has 0 atom stereocenters. The highest BCUT2D eigenvalue weighted by atomic mass is 35.5. The maximum Gasteiger partial charge on any atom is 0.235 e. The van der Waals surface area contributed by atoms with Gasteiger partial charge in [0.1, 0.15) is 11.6 Å². The van der Waals surface area contributed by atoms with Crippen LogP contribution in [0.4, 0.5) is 5.82 Å². The highest BCUT2D eigenvalue weighted by Gasteiger charge is 2.16. The lowest BCUT2D eigenvalue weighted by Crippen LogP contribution is -2.18. The van der Waals surface area contributed by atoms with Crippen LogP contribution in [-0.4, -0.2) is 36.2 Å². The van der Waals surface area contributed by atoms with Crippen LogP contribution in [0.5, 0.6) is 0 Å². The average Bonchev–Trinajstić information content (AvgIpc) is 3.19. The van der Waals surface area contributed by atoms with E-state index in [0.29, 0.717) is 17.4 Å². The number of carbonyl (C=O) groups excluding carboxylic acids is 1. The van der Waals surface area contributed by atoms with Crippen LogP contribution >= 0.6 is 23.4 Å². The third-order valence-corrected chi connectivity index (χ3v) is 5.82. The largest absolute Gasteiger partial charge is 0.310 e. The van der Waals surface area contributed by atoms with Gasteiger partial charge in [0.05, 0.1) is 18.5 Å². The molecule has 7 nitrogen and oxygen atoms in total. The molecule has 9 heteroatoms. The Kier molecular flexibility index (Phi) is 5.97. The maximum absolute atomic E-state index is 12.4. The summed E-state index contributed by atoms with van der Waals surface area (Å²) in [6, 6.07) is 9.39. The molecule has 3 heterocycles. The zero-order valence-electron chi connectivity index (χ0n) is 15.3. The number of carbonyl (C=O) groups is 1. The lowest BCUT2D eigenvalue weighted by Gasteiger charge is -2.10. The Morgan fingerprint density at radius 2 is 2.14 bits per heavy atom. The van der Waals surface area contributed by atoms with E-state index in [1.807, 2.05) is 24.3 Å². The van der Waals surface area contributed by atoms with E-state index >= 15 is 0 Å². The fraction of sp³-hybridized carbons (Fsp3) is 0.368. The number of nitrogens with one attached hydrogen (secondary N) is 1. The summed E-state index contributed by atoms with van der Waals surface area (Å²) in [5, 5.41) is 17.3. The minimum Gasteiger partial charge on any atom is -0.310 e. The van der Waals surface area contributed by atoms with Crippen molar-refractivity contribution in [3.8, 4) is 0 Å². The monoisotopic (exact) mass is 416 g/mol. The molecule has 1 N–H and O–H groups in total. The van der Waals surface area contributed by atoms with Crippen LogP contribution in [0.3, 0.4) is 0 Å². The van der Waals surface area contributed by atoms with Crippen LogP contribution in [0.15, 0.2) is 41.7 Å². The van der Waals surface area contributed by atoms with Gasteiger partial charge < -0.3 is 9.88 Å². The second-order valence-electron chi connectivity index (χ2n) is 6.70. The summed E-state index contributed by atoms with van der Waals surface area (Å²) >= 11 is 7.47. The van der Waals surface area contributed by atoms with Crippen LogP contribution in [0.25, 0.3) is 0 Å². The number of hydrogen-bond acceptors (Lipinski definition) is 5. The first-order valence-corrected chi connectivity index (χ1v) is 10.7. The molecular formula is C19H21ClN6OS. The molecule has 0 saturated heterocycles. The van der Waals surface area contributed by atoms with Gasteiger partial charge in [-0.25, -0.2) is 4.68 Å². The Bertz CT molecular complexity index is 969. The summed E-state index contributed by atoms with van der Waals surface area (Å²) in [5.41, 5.74) is 1.02. The molecule has 3 aromatic rings. The van der Waals surface area contributed by atoms with Crippen molar-refractivity contribution in [3.05, 3.63) is 52.9 Å². The van der Waals surface area contributed by atoms with Gasteiger partial charge in [-0.2, -0.15) is 5.10 Å². The topological polar surface area (TPSA) is 77.6 Å². The van der Waals surface area contributed by atoms with E-state index in [0.717, 1.165) is 42.4 Å². The van der Waals surface area contributed by atoms with Gasteiger partial charge in [0.25, 0.3) is 0 Å². The molecule has 146 valence electrons. The first-order valence-electron chi connectivity index (χ1n) is 9.30. The number of amides is 1. The number of anilines is 1. The third-order valence-electron chi connectivity index (χ3n) is 4.61. The van der Waals surface area contributed by atoms with Gasteiger partial charge in [-0.3, -0.25) is 4.79 Å². The summed E-state index contributed by atoms with van der Waals surface area (Å²) in [6.45, 7) is 1.46. The number of aryl methyl sites for hydroxylation is 1. The lowest BCUT2D eigenvalue weighted by molar-refractivity contribution is -0.113. The average molecular weight is 417 g/mol. The summed E-state index contributed by atoms with van der Waals surface area (Å²) < 4.78 is 3.89. The molecule has 0 unspecified atom stereocenters. The number of rotatable bonds is 6. The first kappa shape index (κ1) is 19.0. The number of nitrogens with zero attached hydrogens (tertiary/aromatic N) is 5. The van der Waals surface area contributed by atoms with Crippen molar-refractivity contribution in [3.63, 3.8) is 0 Å². The van der Waals surface area contributed by atoms with E-state index in [-0.39, 0.29) is 11.7 Å². The standard InChI is InChI=1S/C19H21ClN6OS/c20-15-6-4-5-14(11-15)12-26-16(8-9-21-26)22-18(27)13-28-19-24-23-17-7-2-1-3-10-25(17)19/h4-6,8-9,11H,1-3,7,10,12-13H2,(H,22,27). The third kappa shape index (κ3) is 4.56. The Morgan fingerprint density at radius 3 is 3.04 bits per heavy atom. The van der Waals surface area contributed by atoms with Crippen LogP contribution in [-0.2, 0) is 24.3 Å². The Hall–Kier alpha value is -2.32. The lowest BCUT2D eigenvalue weighted by atomic mass is 10.2. The Balaban J connectivity index is 1.36. The van der Waals surface area contributed by atoms with Gasteiger partial charge >= 0.3 is 0 Å². The number of aromatic nitrogens is 5. The first-order chi connectivity index (χ1) is 13.7. The Morgan fingerprint density at radius 1 is 1.21 bits per heavy atom. The van der Waals surface area contributed by atoms with Crippen molar-refractivity contribution in [1.82, 2.24) is 24.5 Å². The van der Waals surface area contributed by atoms with Crippen molar-refractivity contribution in [2.45, 2.75) is 43.9 Å². The van der Waals surface area contributed by atoms with E-state index in [1.54, 1.807) is 16.9 Å². The van der Waals surface area contributed by atoms with Crippen LogP contribution in [0, 0.1) is 0 Å². The number of benzene rings is 1. The van der Waals surface area contributed by atoms with Crippen LogP contribution in [0.2, 0.25) is 5.02 Å². The second kappa shape index (κ2) is 8.79. The van der Waals surface area contributed by atoms with Gasteiger partial charge in [-0.15, -0.1) is 10.2 Å². The van der Waals surface area contributed by atoms with Gasteiger partial charge in [0.2, 0.25) is 5.91 Å². The highest BCUT2D eigenvalue weighted by Crippen LogP contribution is 2.22. The molecule has 0 bridgehead atoms. The van der Waals surface area contributed by atoms with E-state index in [1.165, 1.54) is 18.2 Å². The van der Waals surface area contributed by atoms with Gasteiger partial charge in [-0.05, 0) is 30.5 Å². The molecule has 1 amide bonds.